The van der Waals surface area contributed by atoms with Crippen LogP contribution in [0.25, 0.3) is 5.57 Å². The van der Waals surface area contributed by atoms with Crippen molar-refractivity contribution in [2.75, 3.05) is 22.9 Å². The second-order valence-electron chi connectivity index (χ2n) is 18.9. The number of halogens is 2. The molecule has 1 fully saturated rings. The van der Waals surface area contributed by atoms with Gasteiger partial charge in [0.2, 0.25) is 0 Å². The predicted octanol–water partition coefficient (Wildman–Crippen LogP) is 15.7. The summed E-state index contributed by atoms with van der Waals surface area (Å²) in [5, 5.41) is 5.11. The van der Waals surface area contributed by atoms with Crippen LogP contribution in [-0.4, -0.2) is 24.0 Å². The lowest BCUT2D eigenvalue weighted by atomic mass is 9.91. The Kier molecular flexibility index (Phi) is 12.8. The van der Waals surface area contributed by atoms with Crippen molar-refractivity contribution >= 4 is 62.9 Å². The van der Waals surface area contributed by atoms with Crippen molar-refractivity contribution in [2.24, 2.45) is 0 Å². The number of anilines is 2. The molecule has 6 aromatic rings. The molecule has 6 aromatic carbocycles. The van der Waals surface area contributed by atoms with Crippen LogP contribution < -0.4 is 20.4 Å². The minimum Gasteiger partial charge on any atom is -0.325 e. The van der Waals surface area contributed by atoms with Gasteiger partial charge in [-0.2, -0.15) is 0 Å². The Morgan fingerprint density at radius 1 is 0.492 bits per heavy atom. The lowest BCUT2D eigenvalue weighted by Crippen LogP contribution is -2.36. The Bertz CT molecular complexity index is 2750. The summed E-state index contributed by atoms with van der Waals surface area (Å²) in [7, 11) is 0. The number of para-hydroxylation sites is 2. The van der Waals surface area contributed by atoms with Crippen molar-refractivity contribution in [2.45, 2.75) is 84.7 Å². The third-order valence-corrected chi connectivity index (χ3v) is 19.1. The van der Waals surface area contributed by atoms with Gasteiger partial charge >= 0.3 is 0 Å². The Morgan fingerprint density at radius 3 is 1.35 bits per heavy atom. The maximum Gasteiger partial charge on any atom is 0.119 e. The van der Waals surface area contributed by atoms with Crippen LogP contribution in [0.4, 0.5) is 11.4 Å². The summed E-state index contributed by atoms with van der Waals surface area (Å²) in [5.41, 5.74) is 13.8. The second kappa shape index (κ2) is 18.6. The normalized spacial score (nSPS) is 16.6. The summed E-state index contributed by atoms with van der Waals surface area (Å²) in [6, 6.07) is 56.4. The highest BCUT2D eigenvalue weighted by molar-refractivity contribution is 7.91. The summed E-state index contributed by atoms with van der Waals surface area (Å²) in [6.45, 7) is 17.4. The maximum absolute atomic E-state index is 8.11. The van der Waals surface area contributed by atoms with Crippen molar-refractivity contribution in [1.29, 1.82) is 0 Å². The number of benzene rings is 6. The van der Waals surface area contributed by atoms with E-state index in [-0.39, 0.29) is 5.66 Å². The lowest BCUT2D eigenvalue weighted by molar-refractivity contribution is 0.815. The molecule has 0 bridgehead atoms. The number of rotatable bonds is 10. The van der Waals surface area contributed by atoms with Crippen LogP contribution in [0, 0.1) is 0 Å². The van der Waals surface area contributed by atoms with Gasteiger partial charge in [-0.05, 0) is 103 Å². The molecule has 2 aliphatic carbocycles. The molecule has 3 aliphatic rings. The monoisotopic (exact) mass is 910 g/mol. The van der Waals surface area contributed by atoms with Crippen molar-refractivity contribution in [3.8, 4) is 0 Å². The fraction of sp³-hybridized carbons (Fsp3) is 0.250. The van der Waals surface area contributed by atoms with Crippen LogP contribution in [-0.2, 0) is 0 Å². The van der Waals surface area contributed by atoms with Gasteiger partial charge in [0.1, 0.15) is 5.82 Å². The van der Waals surface area contributed by atoms with E-state index in [1.807, 2.05) is 0 Å². The quantitative estimate of drug-likeness (QED) is 0.126. The van der Waals surface area contributed by atoms with E-state index in [9.17, 15) is 0 Å². The summed E-state index contributed by atoms with van der Waals surface area (Å²) >= 11 is 15.6. The molecule has 5 heteroatoms. The topological polar surface area (TPSA) is 6.48 Å². The molecule has 0 radical (unpaired) electrons. The van der Waals surface area contributed by atoms with Crippen LogP contribution in [0.1, 0.15) is 118 Å². The van der Waals surface area contributed by atoms with E-state index in [4.69, 9.17) is 23.2 Å². The van der Waals surface area contributed by atoms with Crippen LogP contribution in [0.2, 0.25) is 0 Å². The zero-order valence-corrected chi connectivity index (χ0v) is 41.5. The van der Waals surface area contributed by atoms with Gasteiger partial charge in [0.25, 0.3) is 0 Å². The minimum absolute atomic E-state index is 0.211. The third-order valence-electron chi connectivity index (χ3n) is 13.7. The third kappa shape index (κ3) is 7.80. The molecule has 2 nitrogen and oxygen atoms in total. The average molecular weight is 912 g/mol. The lowest BCUT2D eigenvalue weighted by Gasteiger charge is -2.42. The van der Waals surface area contributed by atoms with Crippen molar-refractivity contribution < 1.29 is 0 Å². The smallest absolute Gasteiger partial charge is 0.119 e. The molecule has 9 rings (SSSR count). The van der Waals surface area contributed by atoms with E-state index in [0.29, 0.717) is 33.7 Å². The van der Waals surface area contributed by atoms with Crippen LogP contribution >= 0.6 is 30.1 Å². The van der Waals surface area contributed by atoms with Crippen LogP contribution in [0.15, 0.2) is 191 Å². The summed E-state index contributed by atoms with van der Waals surface area (Å²) in [6.07, 6.45) is 7.03. The summed E-state index contributed by atoms with van der Waals surface area (Å²) in [5.74, 6) is 2.30. The van der Waals surface area contributed by atoms with Crippen LogP contribution in [0.3, 0.4) is 0 Å². The van der Waals surface area contributed by atoms with E-state index in [1.165, 1.54) is 71.8 Å². The molecule has 1 heterocycles. The molecule has 0 amide bonds. The van der Waals surface area contributed by atoms with Crippen molar-refractivity contribution in [3.63, 3.8) is 0 Å². The fourth-order valence-electron chi connectivity index (χ4n) is 10.7. The minimum atomic E-state index is -2.78. The maximum atomic E-state index is 8.11. The SMILES string of the molecule is CC(C)c1cccc(C(C)C)c1N1CCN(c2c(C(C)C)cccc2C(C)C)C1=C1C(Cl)=C(Cl)C=CC1P(=C1C=C(c2ccccc2)c2ccccc21)(c1ccccc1)c1ccccc1. The highest BCUT2D eigenvalue weighted by atomic mass is 35.5. The standard InChI is InChI=1S/C60H61Cl2N2P/c1-39(2)46-30-20-31-47(40(3)4)58(46)63-36-37-64(59-48(41(5)6)32-21-33-49(59)42(7)8)60(63)56-54(35-34-53(61)57(56)62)65(44-24-14-10-15-25-44,45-26-16-11-17-27-45)55-38-52(43-22-12-9-13-23-43)50-28-18-19-29-51(50)55/h9-35,38-42,54H,36-37H2,1-8H3. The molecule has 1 atom stereocenters. The summed E-state index contributed by atoms with van der Waals surface area (Å²) < 4.78 is 0. The van der Waals surface area contributed by atoms with Crippen molar-refractivity contribution in [1.82, 2.24) is 0 Å². The van der Waals surface area contributed by atoms with E-state index in [2.05, 4.69) is 235 Å². The van der Waals surface area contributed by atoms with Gasteiger partial charge in [-0.1, -0.05) is 236 Å². The Labute approximate surface area is 398 Å². The van der Waals surface area contributed by atoms with Gasteiger partial charge < -0.3 is 9.80 Å². The zero-order chi connectivity index (χ0) is 45.6. The molecular formula is C60H61Cl2N2P. The van der Waals surface area contributed by atoms with E-state index < -0.39 is 6.89 Å². The first-order valence-electron chi connectivity index (χ1n) is 23.5. The van der Waals surface area contributed by atoms with E-state index in [1.54, 1.807) is 0 Å². The van der Waals surface area contributed by atoms with Gasteiger partial charge in [0, 0.05) is 35.7 Å². The van der Waals surface area contributed by atoms with Gasteiger partial charge in [-0.15, -0.1) is 0 Å². The number of hydrogen-bond donors (Lipinski definition) is 0. The molecule has 1 saturated heterocycles. The highest BCUT2D eigenvalue weighted by Gasteiger charge is 2.46. The van der Waals surface area contributed by atoms with E-state index >= 15 is 0 Å². The highest BCUT2D eigenvalue weighted by Crippen LogP contribution is 2.62. The van der Waals surface area contributed by atoms with E-state index in [0.717, 1.165) is 24.5 Å². The van der Waals surface area contributed by atoms with Gasteiger partial charge in [0.15, 0.2) is 0 Å². The predicted molar refractivity (Wildman–Crippen MR) is 286 cm³/mol. The Balaban J connectivity index is 1.51. The Morgan fingerprint density at radius 2 is 0.908 bits per heavy atom. The van der Waals surface area contributed by atoms with Gasteiger partial charge in [-0.25, -0.2) is 0 Å². The summed E-state index contributed by atoms with van der Waals surface area (Å²) in [4.78, 5) is 5.31. The average Bonchev–Trinajstić information content (AvgIpc) is 3.93. The van der Waals surface area contributed by atoms with Gasteiger partial charge in [0.05, 0.1) is 10.1 Å². The molecule has 0 saturated carbocycles. The van der Waals surface area contributed by atoms with Crippen molar-refractivity contribution in [3.05, 3.63) is 230 Å². The molecular weight excluding hydrogens is 851 g/mol. The first-order valence-corrected chi connectivity index (χ1v) is 26.1. The first-order chi connectivity index (χ1) is 31.4. The Hall–Kier alpha value is -5.24. The fourth-order valence-corrected chi connectivity index (χ4v) is 16.2. The second-order valence-corrected chi connectivity index (χ2v) is 23.2. The van der Waals surface area contributed by atoms with Crippen LogP contribution in [0.5, 0.6) is 0 Å². The molecule has 0 spiro atoms. The molecule has 0 N–H and O–H groups in total. The molecule has 1 aliphatic heterocycles. The molecule has 330 valence electrons. The molecule has 65 heavy (non-hydrogen) atoms. The zero-order valence-electron chi connectivity index (χ0n) is 39.1. The molecule has 0 aromatic heterocycles. The number of nitrogens with zero attached hydrogens (tertiary/aromatic N) is 2. The molecule has 1 unspecified atom stereocenters. The number of allylic oxidation sites excluding steroid dienone is 6. The first kappa shape index (κ1) is 44.9. The number of hydrogen-bond acceptors (Lipinski definition) is 2. The largest absolute Gasteiger partial charge is 0.325 e. The number of fused-ring (bicyclic) bond motifs is 1. The van der Waals surface area contributed by atoms with Gasteiger partial charge in [-0.3, -0.25) is 0 Å².